The molecule has 4 nitrogen and oxygen atoms in total. The van der Waals surface area contributed by atoms with Crippen LogP contribution in [0.3, 0.4) is 0 Å². The van der Waals surface area contributed by atoms with E-state index in [1.54, 1.807) is 6.20 Å². The van der Waals surface area contributed by atoms with Crippen LogP contribution in [0.1, 0.15) is 56.3 Å². The van der Waals surface area contributed by atoms with Crippen molar-refractivity contribution in [3.05, 3.63) is 22.3 Å². The predicted molar refractivity (Wildman–Crippen MR) is 87.2 cm³/mol. The van der Waals surface area contributed by atoms with Gasteiger partial charge in [0.1, 0.15) is 5.82 Å². The van der Waals surface area contributed by atoms with Gasteiger partial charge in [0.15, 0.2) is 0 Å². The van der Waals surface area contributed by atoms with Crippen LogP contribution in [0.2, 0.25) is 0 Å². The smallest absolute Gasteiger partial charge is 0.255 e. The van der Waals surface area contributed by atoms with E-state index < -0.39 is 0 Å². The summed E-state index contributed by atoms with van der Waals surface area (Å²) in [5.41, 5.74) is 0.600. The number of aromatic nitrogens is 1. The number of hydrogen-bond donors (Lipinski definition) is 2. The molecular weight excluding hydrogens is 318 g/mol. The molecule has 1 aromatic rings. The summed E-state index contributed by atoms with van der Waals surface area (Å²) in [5, 5.41) is 6.15. The van der Waals surface area contributed by atoms with Crippen molar-refractivity contribution in [1.82, 2.24) is 10.3 Å². The van der Waals surface area contributed by atoms with Gasteiger partial charge in [0, 0.05) is 23.8 Å². The molecule has 1 rings (SSSR count). The molecule has 0 aromatic carbocycles. The largest absolute Gasteiger partial charge is 0.369 e. The van der Waals surface area contributed by atoms with E-state index in [2.05, 4.69) is 45.4 Å². The number of halogens is 1. The minimum absolute atomic E-state index is 0.0612. The van der Waals surface area contributed by atoms with E-state index in [4.69, 9.17) is 0 Å². The normalized spacial score (nSPS) is 10.3. The molecule has 0 fully saturated rings. The number of carbonyl (C=O) groups excluding carboxylic acids is 1. The summed E-state index contributed by atoms with van der Waals surface area (Å²) in [7, 11) is 0. The molecule has 0 aliphatic rings. The van der Waals surface area contributed by atoms with Crippen molar-refractivity contribution < 1.29 is 4.79 Å². The fraction of sp³-hybridized carbons (Fsp3) is 0.600. The zero-order valence-corrected chi connectivity index (χ0v) is 13.9. The van der Waals surface area contributed by atoms with E-state index in [0.29, 0.717) is 11.4 Å². The fourth-order valence-corrected chi connectivity index (χ4v) is 2.18. The van der Waals surface area contributed by atoms with Gasteiger partial charge in [-0.15, -0.1) is 0 Å². The molecule has 5 heteroatoms. The van der Waals surface area contributed by atoms with Crippen molar-refractivity contribution in [2.45, 2.75) is 46.0 Å². The number of rotatable bonds is 9. The maximum absolute atomic E-state index is 12.2. The van der Waals surface area contributed by atoms with Gasteiger partial charge in [-0.1, -0.05) is 33.1 Å². The van der Waals surface area contributed by atoms with Crippen LogP contribution in [0, 0.1) is 0 Å². The molecular formula is C15H24BrN3O. The van der Waals surface area contributed by atoms with Gasteiger partial charge in [-0.25, -0.2) is 4.98 Å². The number of carbonyl (C=O) groups is 1. The number of nitrogens with zero attached hydrogens (tertiary/aromatic N) is 1. The summed E-state index contributed by atoms with van der Waals surface area (Å²) >= 11 is 3.36. The number of unbranched alkanes of at least 4 members (excludes halogenated alkanes) is 3. The van der Waals surface area contributed by atoms with Crippen LogP contribution in [0.25, 0.3) is 0 Å². The van der Waals surface area contributed by atoms with Gasteiger partial charge < -0.3 is 10.6 Å². The number of pyridine rings is 1. The minimum atomic E-state index is -0.0612. The summed E-state index contributed by atoms with van der Waals surface area (Å²) in [6, 6.07) is 1.81. The van der Waals surface area contributed by atoms with Crippen LogP contribution in [0.4, 0.5) is 5.82 Å². The zero-order valence-electron chi connectivity index (χ0n) is 12.3. The van der Waals surface area contributed by atoms with Crippen molar-refractivity contribution in [2.75, 3.05) is 18.4 Å². The Bertz CT molecular complexity index is 424. The van der Waals surface area contributed by atoms with Crippen LogP contribution >= 0.6 is 15.9 Å². The van der Waals surface area contributed by atoms with Crippen LogP contribution in [0.15, 0.2) is 16.7 Å². The van der Waals surface area contributed by atoms with Crippen molar-refractivity contribution in [3.8, 4) is 0 Å². The Balaban J connectivity index is 2.58. The maximum atomic E-state index is 12.2. The van der Waals surface area contributed by atoms with Gasteiger partial charge in [0.05, 0.1) is 5.56 Å². The maximum Gasteiger partial charge on any atom is 0.255 e. The molecule has 112 valence electrons. The highest BCUT2D eigenvalue weighted by atomic mass is 79.9. The first-order chi connectivity index (χ1) is 9.69. The van der Waals surface area contributed by atoms with Crippen LogP contribution in [0.5, 0.6) is 0 Å². The Morgan fingerprint density at radius 2 is 2.00 bits per heavy atom. The van der Waals surface area contributed by atoms with Crippen molar-refractivity contribution in [1.29, 1.82) is 0 Å². The summed E-state index contributed by atoms with van der Waals surface area (Å²) in [5.74, 6) is 0.593. The lowest BCUT2D eigenvalue weighted by molar-refractivity contribution is 0.0953. The lowest BCUT2D eigenvalue weighted by atomic mass is 10.2. The average Bonchev–Trinajstić information content (AvgIpc) is 2.45. The molecule has 0 saturated heterocycles. The summed E-state index contributed by atoms with van der Waals surface area (Å²) < 4.78 is 0.815. The molecule has 2 N–H and O–H groups in total. The number of hydrogen-bond acceptors (Lipinski definition) is 3. The van der Waals surface area contributed by atoms with Crippen LogP contribution in [-0.4, -0.2) is 24.0 Å². The molecule has 0 aliphatic heterocycles. The number of anilines is 1. The third-order valence-electron chi connectivity index (χ3n) is 2.96. The Morgan fingerprint density at radius 3 is 2.70 bits per heavy atom. The third kappa shape index (κ3) is 5.90. The molecule has 0 spiro atoms. The second kappa shape index (κ2) is 9.75. The third-order valence-corrected chi connectivity index (χ3v) is 3.39. The van der Waals surface area contributed by atoms with E-state index in [0.717, 1.165) is 36.8 Å². The van der Waals surface area contributed by atoms with Gasteiger partial charge in [0.2, 0.25) is 0 Å². The highest BCUT2D eigenvalue weighted by Crippen LogP contribution is 2.18. The van der Waals surface area contributed by atoms with Crippen LogP contribution in [-0.2, 0) is 0 Å². The highest BCUT2D eigenvalue weighted by molar-refractivity contribution is 9.10. The summed E-state index contributed by atoms with van der Waals surface area (Å²) in [6.45, 7) is 5.79. The quantitative estimate of drug-likeness (QED) is 0.668. The fourth-order valence-electron chi connectivity index (χ4n) is 1.85. The molecule has 1 aromatic heterocycles. The topological polar surface area (TPSA) is 54.0 Å². The first-order valence-corrected chi connectivity index (χ1v) is 8.16. The Labute approximate surface area is 129 Å². The predicted octanol–water partition coefficient (Wildman–Crippen LogP) is 3.98. The molecule has 0 saturated carbocycles. The lowest BCUT2D eigenvalue weighted by Crippen LogP contribution is -2.26. The molecule has 0 unspecified atom stereocenters. The monoisotopic (exact) mass is 341 g/mol. The van der Waals surface area contributed by atoms with Crippen LogP contribution < -0.4 is 10.6 Å². The second-order valence-corrected chi connectivity index (χ2v) is 5.71. The van der Waals surface area contributed by atoms with Crippen molar-refractivity contribution in [3.63, 3.8) is 0 Å². The minimum Gasteiger partial charge on any atom is -0.369 e. The van der Waals surface area contributed by atoms with Crippen molar-refractivity contribution in [2.24, 2.45) is 0 Å². The van der Waals surface area contributed by atoms with Gasteiger partial charge in [0.25, 0.3) is 5.91 Å². The first-order valence-electron chi connectivity index (χ1n) is 7.36. The van der Waals surface area contributed by atoms with E-state index in [1.807, 2.05) is 6.07 Å². The Morgan fingerprint density at radius 1 is 1.20 bits per heavy atom. The van der Waals surface area contributed by atoms with Crippen molar-refractivity contribution >= 4 is 27.7 Å². The number of amides is 1. The van der Waals surface area contributed by atoms with E-state index in [1.165, 1.54) is 12.8 Å². The van der Waals surface area contributed by atoms with E-state index in [-0.39, 0.29) is 5.91 Å². The van der Waals surface area contributed by atoms with Gasteiger partial charge in [-0.2, -0.15) is 0 Å². The molecule has 0 bridgehead atoms. The lowest BCUT2D eigenvalue weighted by Gasteiger charge is -2.11. The SMILES string of the molecule is CCCCCCNC(=O)c1cc(Br)cnc1NCCC. The molecule has 20 heavy (non-hydrogen) atoms. The zero-order chi connectivity index (χ0) is 14.8. The number of nitrogens with one attached hydrogen (secondary N) is 2. The Kier molecular flexibility index (Phi) is 8.26. The Hall–Kier alpha value is -1.10. The van der Waals surface area contributed by atoms with Gasteiger partial charge >= 0.3 is 0 Å². The summed E-state index contributed by atoms with van der Waals surface area (Å²) in [4.78, 5) is 16.5. The molecule has 0 radical (unpaired) electrons. The highest BCUT2D eigenvalue weighted by Gasteiger charge is 2.12. The van der Waals surface area contributed by atoms with Gasteiger partial charge in [-0.3, -0.25) is 4.79 Å². The standard InChI is InChI=1S/C15H24BrN3O/c1-3-5-6-7-9-18-15(20)13-10-12(16)11-19-14(13)17-8-4-2/h10-11H,3-9H2,1-2H3,(H,17,19)(H,18,20). The van der Waals surface area contributed by atoms with Gasteiger partial charge in [-0.05, 0) is 34.8 Å². The molecule has 1 heterocycles. The molecule has 0 aliphatic carbocycles. The average molecular weight is 342 g/mol. The first kappa shape index (κ1) is 17.0. The second-order valence-electron chi connectivity index (χ2n) is 4.79. The van der Waals surface area contributed by atoms with E-state index in [9.17, 15) is 4.79 Å². The summed E-state index contributed by atoms with van der Waals surface area (Å²) in [6.07, 6.45) is 7.31. The van der Waals surface area contributed by atoms with E-state index >= 15 is 0 Å². The molecule has 0 atom stereocenters. The molecule has 1 amide bonds.